The zero-order chi connectivity index (χ0) is 12.7. The number of nitrogens with one attached hydrogen (secondary N) is 1. The number of hydrogen-bond acceptors (Lipinski definition) is 3. The Morgan fingerprint density at radius 2 is 2.00 bits per heavy atom. The molecule has 0 radical (unpaired) electrons. The zero-order valence-corrected chi connectivity index (χ0v) is 13.0. The van der Waals surface area contributed by atoms with Crippen LogP contribution in [-0.4, -0.2) is 5.84 Å². The molecular formula is C14H14Cl2N2S. The minimum atomic E-state index is -0.0506. The molecular weight excluding hydrogens is 299 g/mol. The first-order valence-electron chi connectivity index (χ1n) is 5.81. The molecule has 2 nitrogen and oxygen atoms in total. The number of hydrogen-bond donors (Lipinski definition) is 1. The van der Waals surface area contributed by atoms with Crippen LogP contribution < -0.4 is 5.32 Å². The molecule has 0 spiro atoms. The Morgan fingerprint density at radius 3 is 2.74 bits per heavy atom. The van der Waals surface area contributed by atoms with Gasteiger partial charge in [0, 0.05) is 15.8 Å². The number of benzene rings is 1. The molecule has 5 heteroatoms. The van der Waals surface area contributed by atoms with Gasteiger partial charge >= 0.3 is 0 Å². The molecule has 0 bridgehead atoms. The highest BCUT2D eigenvalue weighted by Crippen LogP contribution is 2.40. The van der Waals surface area contributed by atoms with Crippen LogP contribution in [0.15, 0.2) is 40.5 Å². The van der Waals surface area contributed by atoms with Crippen LogP contribution in [0.3, 0.4) is 0 Å². The number of aliphatic imine (C=N–C) groups is 1. The molecule has 0 aliphatic carbocycles. The van der Waals surface area contributed by atoms with Gasteiger partial charge in [-0.2, -0.15) is 0 Å². The third kappa shape index (κ3) is 2.50. The second-order valence-electron chi connectivity index (χ2n) is 4.38. The fourth-order valence-corrected chi connectivity index (χ4v) is 3.73. The highest BCUT2D eigenvalue weighted by molar-refractivity contribution is 7.19. The van der Waals surface area contributed by atoms with Crippen LogP contribution in [0.1, 0.15) is 23.4 Å². The molecule has 0 fully saturated rings. The van der Waals surface area contributed by atoms with Crippen molar-refractivity contribution in [2.24, 2.45) is 4.99 Å². The van der Waals surface area contributed by atoms with Crippen LogP contribution >= 0.6 is 35.3 Å². The largest absolute Gasteiger partial charge is 0.349 e. The summed E-state index contributed by atoms with van der Waals surface area (Å²) < 4.78 is 1.29. The first-order valence-corrected chi connectivity index (χ1v) is 7.01. The van der Waals surface area contributed by atoms with E-state index in [-0.39, 0.29) is 18.4 Å². The number of amidine groups is 1. The molecule has 1 aliphatic rings. The van der Waals surface area contributed by atoms with Gasteiger partial charge in [0.2, 0.25) is 0 Å². The van der Waals surface area contributed by atoms with E-state index in [9.17, 15) is 0 Å². The van der Waals surface area contributed by atoms with Crippen LogP contribution in [0.5, 0.6) is 0 Å². The normalized spacial score (nSPS) is 18.4. The van der Waals surface area contributed by atoms with Crippen LogP contribution in [0.4, 0.5) is 0 Å². The maximum absolute atomic E-state index is 6.28. The Morgan fingerprint density at radius 1 is 1.26 bits per heavy atom. The van der Waals surface area contributed by atoms with E-state index < -0.39 is 0 Å². The average Bonchev–Trinajstić information content (AvgIpc) is 2.71. The van der Waals surface area contributed by atoms with Crippen LogP contribution in [0, 0.1) is 6.92 Å². The quantitative estimate of drug-likeness (QED) is 0.805. The van der Waals surface area contributed by atoms with Gasteiger partial charge in [-0.25, -0.2) is 0 Å². The van der Waals surface area contributed by atoms with E-state index in [0.717, 1.165) is 10.9 Å². The second kappa shape index (κ2) is 5.53. The minimum absolute atomic E-state index is 0. The monoisotopic (exact) mass is 312 g/mol. The van der Waals surface area contributed by atoms with Crippen LogP contribution in [0.25, 0.3) is 10.1 Å². The molecule has 0 saturated carbocycles. The Bertz CT molecular complexity index is 673. The van der Waals surface area contributed by atoms with Crippen molar-refractivity contribution in [1.29, 1.82) is 0 Å². The van der Waals surface area contributed by atoms with E-state index in [0.29, 0.717) is 0 Å². The Labute approximate surface area is 127 Å². The van der Waals surface area contributed by atoms with Gasteiger partial charge in [-0.05, 0) is 30.9 Å². The van der Waals surface area contributed by atoms with Crippen molar-refractivity contribution >= 4 is 51.3 Å². The highest BCUT2D eigenvalue weighted by Gasteiger charge is 2.22. The average molecular weight is 313 g/mol. The second-order valence-corrected chi connectivity index (χ2v) is 5.90. The van der Waals surface area contributed by atoms with Crippen molar-refractivity contribution in [3.05, 3.63) is 45.9 Å². The summed E-state index contributed by atoms with van der Waals surface area (Å²) in [7, 11) is 0. The molecule has 19 heavy (non-hydrogen) atoms. The molecule has 1 aliphatic heterocycles. The highest BCUT2D eigenvalue weighted by atomic mass is 35.5. The predicted molar refractivity (Wildman–Crippen MR) is 86.7 cm³/mol. The van der Waals surface area contributed by atoms with E-state index in [4.69, 9.17) is 11.6 Å². The molecule has 100 valence electrons. The lowest BCUT2D eigenvalue weighted by Crippen LogP contribution is -2.20. The van der Waals surface area contributed by atoms with E-state index in [1.165, 1.54) is 20.5 Å². The van der Waals surface area contributed by atoms with Crippen LogP contribution in [-0.2, 0) is 0 Å². The summed E-state index contributed by atoms with van der Waals surface area (Å²) in [5.41, 5.74) is 1.28. The summed E-state index contributed by atoms with van der Waals surface area (Å²) in [5.74, 6) is 0.904. The molecule has 3 rings (SSSR count). The smallest absolute Gasteiger partial charge is 0.123 e. The molecule has 0 saturated heterocycles. The predicted octanol–water partition coefficient (Wildman–Crippen LogP) is 4.77. The Balaban J connectivity index is 0.00000133. The lowest BCUT2D eigenvalue weighted by molar-refractivity contribution is 0.864. The molecule has 1 aromatic heterocycles. The standard InChI is InChI=1S/C14H13ClN2S.ClH/c1-8-10-5-3-4-6-12(10)18-14(8)13-11(15)7-16-9(2)17-13;/h3-7,13H,1-2H3,(H,16,17);1H. The summed E-state index contributed by atoms with van der Waals surface area (Å²) >= 11 is 8.06. The van der Waals surface area contributed by atoms with Gasteiger partial charge < -0.3 is 5.32 Å². The fourth-order valence-electron chi connectivity index (χ4n) is 2.18. The van der Waals surface area contributed by atoms with Crippen molar-refractivity contribution in [3.63, 3.8) is 0 Å². The third-order valence-corrected chi connectivity index (χ3v) is 4.77. The van der Waals surface area contributed by atoms with Gasteiger partial charge in [-0.1, -0.05) is 29.8 Å². The lowest BCUT2D eigenvalue weighted by Gasteiger charge is -2.17. The van der Waals surface area contributed by atoms with Crippen molar-refractivity contribution in [3.8, 4) is 0 Å². The van der Waals surface area contributed by atoms with Gasteiger partial charge in [0.25, 0.3) is 0 Å². The summed E-state index contributed by atoms with van der Waals surface area (Å²) in [6, 6.07) is 8.38. The zero-order valence-electron chi connectivity index (χ0n) is 10.6. The fraction of sp³-hybridized carbons (Fsp3) is 0.214. The Hall–Kier alpha value is -1.03. The maximum Gasteiger partial charge on any atom is 0.123 e. The number of nitrogens with zero attached hydrogens (tertiary/aromatic N) is 1. The van der Waals surface area contributed by atoms with Crippen molar-refractivity contribution in [2.45, 2.75) is 19.9 Å². The van der Waals surface area contributed by atoms with Gasteiger partial charge in [0.1, 0.15) is 6.04 Å². The molecule has 0 amide bonds. The van der Waals surface area contributed by atoms with Gasteiger partial charge in [0.05, 0.1) is 10.9 Å². The molecule has 1 N–H and O–H groups in total. The number of aryl methyl sites for hydroxylation is 1. The number of halogens is 2. The summed E-state index contributed by atoms with van der Waals surface area (Å²) in [5, 5.41) is 5.09. The van der Waals surface area contributed by atoms with Crippen molar-refractivity contribution in [2.75, 3.05) is 0 Å². The SMILES string of the molecule is CC1=NC(c2sc3ccccc3c2C)C(Cl)=CN1.Cl. The van der Waals surface area contributed by atoms with E-state index in [2.05, 4.69) is 41.5 Å². The van der Waals surface area contributed by atoms with E-state index >= 15 is 0 Å². The lowest BCUT2D eigenvalue weighted by atomic mass is 10.1. The number of rotatable bonds is 1. The summed E-state index contributed by atoms with van der Waals surface area (Å²) in [6.45, 7) is 4.10. The first kappa shape index (κ1) is 14.4. The van der Waals surface area contributed by atoms with Gasteiger partial charge in [0.15, 0.2) is 0 Å². The Kier molecular flexibility index (Phi) is 4.19. The van der Waals surface area contributed by atoms with Crippen molar-refractivity contribution < 1.29 is 0 Å². The maximum atomic E-state index is 6.28. The van der Waals surface area contributed by atoms with Gasteiger partial charge in [-0.3, -0.25) is 4.99 Å². The first-order chi connectivity index (χ1) is 8.66. The summed E-state index contributed by atoms with van der Waals surface area (Å²) in [6.07, 6.45) is 1.83. The summed E-state index contributed by atoms with van der Waals surface area (Å²) in [4.78, 5) is 5.84. The van der Waals surface area contributed by atoms with Gasteiger partial charge in [-0.15, -0.1) is 23.7 Å². The number of fused-ring (bicyclic) bond motifs is 1. The molecule has 1 aromatic carbocycles. The molecule has 1 atom stereocenters. The van der Waals surface area contributed by atoms with Crippen molar-refractivity contribution in [1.82, 2.24) is 5.32 Å². The molecule has 2 aromatic rings. The molecule has 1 unspecified atom stereocenters. The third-order valence-electron chi connectivity index (χ3n) is 3.13. The number of thiophene rings is 1. The topological polar surface area (TPSA) is 24.4 Å². The molecule has 2 heterocycles. The van der Waals surface area contributed by atoms with E-state index in [1.54, 1.807) is 11.3 Å². The minimum Gasteiger partial charge on any atom is -0.349 e. The van der Waals surface area contributed by atoms with Crippen LogP contribution in [0.2, 0.25) is 0 Å². The van der Waals surface area contributed by atoms with E-state index in [1.807, 2.05) is 13.1 Å².